The normalized spacial score (nSPS) is 15.6. The van der Waals surface area contributed by atoms with Crippen molar-refractivity contribution >= 4 is 27.5 Å². The third kappa shape index (κ3) is 3.14. The number of hydrogen-bond donors (Lipinski definition) is 2. The lowest BCUT2D eigenvalue weighted by Crippen LogP contribution is -2.59. The monoisotopic (exact) mass is 297 g/mol. The smallest absolute Gasteiger partial charge is 0.321 e. The molecule has 1 aromatic rings. The van der Waals surface area contributed by atoms with E-state index in [1.807, 2.05) is 0 Å². The number of nitrogens with two attached hydrogens (primary N) is 1. The minimum Gasteiger partial charge on any atom is -0.322 e. The Morgan fingerprint density at radius 1 is 1.35 bits per heavy atom. The number of Topliss-reactive ketones (excluding diaryl/α,β-unsaturated/α-hetero) is 1. The largest absolute Gasteiger partial charge is 0.322 e. The molecule has 1 saturated heterocycles. The first kappa shape index (κ1) is 14.5. The Hall–Kier alpha value is -1.93. The summed E-state index contributed by atoms with van der Waals surface area (Å²) in [6, 6.07) is 6.12. The minimum atomic E-state index is -3.59. The van der Waals surface area contributed by atoms with Crippen LogP contribution in [0.2, 0.25) is 0 Å². The number of ketones is 1. The topological polar surface area (TPSA) is 110 Å². The van der Waals surface area contributed by atoms with Gasteiger partial charge in [-0.3, -0.25) is 4.79 Å². The first-order valence-electron chi connectivity index (χ1n) is 5.96. The maximum atomic E-state index is 11.8. The SMILES string of the molecule is CC(=O)c1cccc(NC(=O)N2CC(S(N)(=O)=O)C2)c1. The molecular formula is C12H15N3O4S. The Balaban J connectivity index is 1.97. The molecule has 0 aliphatic carbocycles. The van der Waals surface area contributed by atoms with Gasteiger partial charge in [-0.2, -0.15) is 0 Å². The zero-order valence-electron chi connectivity index (χ0n) is 10.9. The fraction of sp³-hybridized carbons (Fsp3) is 0.333. The molecule has 0 saturated carbocycles. The fourth-order valence-corrected chi connectivity index (χ4v) is 2.61. The maximum absolute atomic E-state index is 11.8. The van der Waals surface area contributed by atoms with Crippen LogP contribution in [0.4, 0.5) is 10.5 Å². The Bertz CT molecular complexity index is 650. The zero-order chi connectivity index (χ0) is 14.9. The predicted molar refractivity (Wildman–Crippen MR) is 73.9 cm³/mol. The lowest BCUT2D eigenvalue weighted by molar-refractivity contribution is 0.101. The van der Waals surface area contributed by atoms with Crippen LogP contribution in [0.3, 0.4) is 0 Å². The average molecular weight is 297 g/mol. The minimum absolute atomic E-state index is 0.0804. The van der Waals surface area contributed by atoms with Gasteiger partial charge in [0.2, 0.25) is 10.0 Å². The molecule has 0 atom stereocenters. The van der Waals surface area contributed by atoms with Crippen molar-refractivity contribution in [2.24, 2.45) is 5.14 Å². The molecule has 108 valence electrons. The summed E-state index contributed by atoms with van der Waals surface area (Å²) in [7, 11) is -3.59. The maximum Gasteiger partial charge on any atom is 0.321 e. The van der Waals surface area contributed by atoms with Crippen LogP contribution in [-0.4, -0.2) is 43.5 Å². The summed E-state index contributed by atoms with van der Waals surface area (Å²) >= 11 is 0. The van der Waals surface area contributed by atoms with Crippen LogP contribution in [-0.2, 0) is 10.0 Å². The number of carbonyl (C=O) groups excluding carboxylic acids is 2. The van der Waals surface area contributed by atoms with E-state index in [4.69, 9.17) is 5.14 Å². The van der Waals surface area contributed by atoms with Crippen molar-refractivity contribution in [3.63, 3.8) is 0 Å². The molecule has 1 fully saturated rings. The summed E-state index contributed by atoms with van der Waals surface area (Å²) in [5.74, 6) is -0.0978. The molecule has 0 spiro atoms. The van der Waals surface area contributed by atoms with Gasteiger partial charge in [-0.15, -0.1) is 0 Å². The van der Waals surface area contributed by atoms with Crippen LogP contribution in [0.15, 0.2) is 24.3 Å². The van der Waals surface area contributed by atoms with Crippen LogP contribution in [0.25, 0.3) is 0 Å². The summed E-state index contributed by atoms with van der Waals surface area (Å²) < 4.78 is 22.1. The number of likely N-dealkylation sites (tertiary alicyclic amines) is 1. The molecule has 0 bridgehead atoms. The summed E-state index contributed by atoms with van der Waals surface area (Å²) in [5, 5.41) is 6.90. The van der Waals surface area contributed by atoms with Gasteiger partial charge in [0, 0.05) is 24.3 Å². The first-order chi connectivity index (χ1) is 9.27. The van der Waals surface area contributed by atoms with E-state index in [1.54, 1.807) is 24.3 Å². The van der Waals surface area contributed by atoms with Gasteiger partial charge < -0.3 is 10.2 Å². The van der Waals surface area contributed by atoms with E-state index in [1.165, 1.54) is 11.8 Å². The van der Waals surface area contributed by atoms with E-state index in [2.05, 4.69) is 5.32 Å². The summed E-state index contributed by atoms with van der Waals surface area (Å²) in [6.07, 6.45) is 0. The third-order valence-corrected chi connectivity index (χ3v) is 4.35. The molecule has 0 aromatic heterocycles. The summed E-state index contributed by atoms with van der Waals surface area (Å²) in [5.41, 5.74) is 0.982. The third-order valence-electron chi connectivity index (χ3n) is 3.12. The predicted octanol–water partition coefficient (Wildman–Crippen LogP) is 0.394. The van der Waals surface area contributed by atoms with Crippen LogP contribution < -0.4 is 10.5 Å². The number of hydrogen-bond acceptors (Lipinski definition) is 4. The molecule has 0 radical (unpaired) electrons. The van der Waals surface area contributed by atoms with Crippen molar-refractivity contribution in [3.8, 4) is 0 Å². The van der Waals surface area contributed by atoms with Gasteiger partial charge in [-0.1, -0.05) is 12.1 Å². The fourth-order valence-electron chi connectivity index (χ4n) is 1.83. The van der Waals surface area contributed by atoms with E-state index >= 15 is 0 Å². The quantitative estimate of drug-likeness (QED) is 0.786. The number of carbonyl (C=O) groups is 2. The number of sulfonamides is 1. The number of nitrogens with zero attached hydrogens (tertiary/aromatic N) is 1. The Kier molecular flexibility index (Phi) is 3.78. The highest BCUT2D eigenvalue weighted by Gasteiger charge is 2.37. The number of primary sulfonamides is 1. The number of rotatable bonds is 3. The second-order valence-electron chi connectivity index (χ2n) is 4.68. The van der Waals surface area contributed by atoms with Crippen LogP contribution in [0.1, 0.15) is 17.3 Å². The molecule has 3 N–H and O–H groups in total. The summed E-state index contributed by atoms with van der Waals surface area (Å²) in [4.78, 5) is 24.4. The van der Waals surface area contributed by atoms with E-state index in [9.17, 15) is 18.0 Å². The molecule has 7 nitrogen and oxygen atoms in total. The molecule has 1 aliphatic heterocycles. The van der Waals surface area contributed by atoms with Gasteiger partial charge in [0.25, 0.3) is 0 Å². The number of urea groups is 1. The lowest BCUT2D eigenvalue weighted by Gasteiger charge is -2.37. The molecule has 8 heteroatoms. The zero-order valence-corrected chi connectivity index (χ0v) is 11.7. The van der Waals surface area contributed by atoms with E-state index in [0.717, 1.165) is 0 Å². The van der Waals surface area contributed by atoms with Crippen molar-refractivity contribution < 1.29 is 18.0 Å². The second kappa shape index (κ2) is 5.22. The standard InChI is InChI=1S/C12H15N3O4S/c1-8(16)9-3-2-4-10(5-9)14-12(17)15-6-11(7-15)20(13,18)19/h2-5,11H,6-7H2,1H3,(H,14,17)(H2,13,18,19). The van der Waals surface area contributed by atoms with Crippen molar-refractivity contribution in [1.29, 1.82) is 0 Å². The molecular weight excluding hydrogens is 282 g/mol. The van der Waals surface area contributed by atoms with Gasteiger partial charge in [-0.25, -0.2) is 18.4 Å². The second-order valence-corrected chi connectivity index (χ2v) is 6.53. The number of benzene rings is 1. The van der Waals surface area contributed by atoms with E-state index < -0.39 is 21.3 Å². The average Bonchev–Trinajstić information content (AvgIpc) is 2.24. The van der Waals surface area contributed by atoms with Crippen molar-refractivity contribution in [2.75, 3.05) is 18.4 Å². The summed E-state index contributed by atoms with van der Waals surface area (Å²) in [6.45, 7) is 1.60. The van der Waals surface area contributed by atoms with Crippen LogP contribution in [0.5, 0.6) is 0 Å². The highest BCUT2D eigenvalue weighted by molar-refractivity contribution is 7.89. The lowest BCUT2D eigenvalue weighted by atomic mass is 10.1. The number of nitrogens with one attached hydrogen (secondary N) is 1. The van der Waals surface area contributed by atoms with Gasteiger partial charge in [-0.05, 0) is 19.1 Å². The van der Waals surface area contributed by atoms with Crippen LogP contribution >= 0.6 is 0 Å². The molecule has 1 aliphatic rings. The molecule has 1 heterocycles. The molecule has 2 rings (SSSR count). The van der Waals surface area contributed by atoms with Crippen molar-refractivity contribution in [3.05, 3.63) is 29.8 Å². The highest BCUT2D eigenvalue weighted by atomic mass is 32.2. The highest BCUT2D eigenvalue weighted by Crippen LogP contribution is 2.17. The molecule has 2 amide bonds. The molecule has 20 heavy (non-hydrogen) atoms. The molecule has 0 unspecified atom stereocenters. The number of amides is 2. The van der Waals surface area contributed by atoms with Crippen LogP contribution in [0, 0.1) is 0 Å². The van der Waals surface area contributed by atoms with Crippen molar-refractivity contribution in [2.45, 2.75) is 12.2 Å². The van der Waals surface area contributed by atoms with Gasteiger partial charge in [0.15, 0.2) is 5.78 Å². The molecule has 1 aromatic carbocycles. The van der Waals surface area contributed by atoms with E-state index in [0.29, 0.717) is 11.3 Å². The van der Waals surface area contributed by atoms with Gasteiger partial charge >= 0.3 is 6.03 Å². The first-order valence-corrected chi connectivity index (χ1v) is 7.57. The van der Waals surface area contributed by atoms with Crippen molar-refractivity contribution in [1.82, 2.24) is 4.90 Å². The van der Waals surface area contributed by atoms with Gasteiger partial charge in [0.05, 0.1) is 0 Å². The number of anilines is 1. The Labute approximate surface area is 116 Å². The Morgan fingerprint density at radius 2 is 2.00 bits per heavy atom. The van der Waals surface area contributed by atoms with Gasteiger partial charge in [0.1, 0.15) is 5.25 Å². The Morgan fingerprint density at radius 3 is 2.55 bits per heavy atom. The van der Waals surface area contributed by atoms with E-state index in [-0.39, 0.29) is 18.9 Å².